The summed E-state index contributed by atoms with van der Waals surface area (Å²) in [4.78, 5) is 24.0. The standard InChI is InChI=1S/C23H28N2O6S/c1-16-5-4-12-25(14-16)32(28,29)20-9-7-19(8-10-20)24-23(27)15-31-21-11-6-18(17(2)26)13-22(21)30-3/h6-11,13,16H,4-5,12,14-15H2,1-3H3,(H,24,27)/t16-/m0/s1. The molecule has 2 aromatic rings. The summed E-state index contributed by atoms with van der Waals surface area (Å²) in [7, 11) is -2.10. The monoisotopic (exact) mass is 460 g/mol. The van der Waals surface area contributed by atoms with Crippen LogP contribution in [-0.4, -0.2) is 51.2 Å². The number of methoxy groups -OCH3 is 1. The highest BCUT2D eigenvalue weighted by molar-refractivity contribution is 7.89. The van der Waals surface area contributed by atoms with Gasteiger partial charge < -0.3 is 14.8 Å². The minimum absolute atomic E-state index is 0.104. The van der Waals surface area contributed by atoms with Gasteiger partial charge in [-0.15, -0.1) is 0 Å². The number of anilines is 1. The Hall–Kier alpha value is -2.91. The molecule has 3 rings (SSSR count). The molecule has 1 aliphatic rings. The van der Waals surface area contributed by atoms with Crippen molar-refractivity contribution in [3.8, 4) is 11.5 Å². The predicted molar refractivity (Wildman–Crippen MR) is 121 cm³/mol. The molecule has 8 nitrogen and oxygen atoms in total. The van der Waals surface area contributed by atoms with Gasteiger partial charge in [0, 0.05) is 24.3 Å². The van der Waals surface area contributed by atoms with Crippen molar-refractivity contribution < 1.29 is 27.5 Å². The van der Waals surface area contributed by atoms with Crippen molar-refractivity contribution in [2.24, 2.45) is 5.92 Å². The van der Waals surface area contributed by atoms with Crippen LogP contribution in [-0.2, 0) is 14.8 Å². The number of rotatable bonds is 8. The van der Waals surface area contributed by atoms with E-state index in [1.807, 2.05) is 0 Å². The quantitative estimate of drug-likeness (QED) is 0.606. The number of ether oxygens (including phenoxy) is 2. The number of hydrogen-bond acceptors (Lipinski definition) is 6. The highest BCUT2D eigenvalue weighted by Gasteiger charge is 2.28. The van der Waals surface area contributed by atoms with E-state index < -0.39 is 15.9 Å². The molecule has 1 atom stereocenters. The third-order valence-electron chi connectivity index (χ3n) is 5.32. The second kappa shape index (κ2) is 10.1. The Morgan fingerprint density at radius 2 is 1.84 bits per heavy atom. The molecule has 172 valence electrons. The Balaban J connectivity index is 1.60. The molecule has 1 N–H and O–H groups in total. The Labute approximate surface area is 188 Å². The van der Waals surface area contributed by atoms with Crippen LogP contribution in [0.5, 0.6) is 11.5 Å². The largest absolute Gasteiger partial charge is 0.493 e. The zero-order valence-electron chi connectivity index (χ0n) is 18.5. The van der Waals surface area contributed by atoms with E-state index in [1.54, 1.807) is 30.3 Å². The third kappa shape index (κ3) is 5.66. The van der Waals surface area contributed by atoms with E-state index in [9.17, 15) is 18.0 Å². The second-order valence-electron chi connectivity index (χ2n) is 7.89. The number of amides is 1. The van der Waals surface area contributed by atoms with Crippen molar-refractivity contribution in [3.63, 3.8) is 0 Å². The van der Waals surface area contributed by atoms with Gasteiger partial charge in [0.05, 0.1) is 12.0 Å². The minimum Gasteiger partial charge on any atom is -0.493 e. The predicted octanol–water partition coefficient (Wildman–Crippen LogP) is 3.34. The fourth-order valence-corrected chi connectivity index (χ4v) is 5.17. The second-order valence-corrected chi connectivity index (χ2v) is 9.83. The first-order valence-electron chi connectivity index (χ1n) is 10.4. The first-order valence-corrected chi connectivity index (χ1v) is 11.9. The van der Waals surface area contributed by atoms with Crippen molar-refractivity contribution in [1.29, 1.82) is 0 Å². The number of hydrogen-bond donors (Lipinski definition) is 1. The van der Waals surface area contributed by atoms with Gasteiger partial charge in [0.25, 0.3) is 5.91 Å². The molecule has 0 unspecified atom stereocenters. The van der Waals surface area contributed by atoms with E-state index in [1.165, 1.54) is 30.5 Å². The lowest BCUT2D eigenvalue weighted by Gasteiger charge is -2.30. The molecule has 1 amide bonds. The molecule has 0 aliphatic carbocycles. The van der Waals surface area contributed by atoms with Crippen LogP contribution in [0.2, 0.25) is 0 Å². The Bertz CT molecular complexity index is 1080. The summed E-state index contributed by atoms with van der Waals surface area (Å²) < 4.78 is 37.9. The Morgan fingerprint density at radius 3 is 2.47 bits per heavy atom. The van der Waals surface area contributed by atoms with Crippen LogP contribution in [0.4, 0.5) is 5.69 Å². The Kier molecular flexibility index (Phi) is 7.52. The van der Waals surface area contributed by atoms with Gasteiger partial charge in [-0.1, -0.05) is 6.92 Å². The lowest BCUT2D eigenvalue weighted by atomic mass is 10.0. The van der Waals surface area contributed by atoms with Crippen LogP contribution in [0.15, 0.2) is 47.4 Å². The van der Waals surface area contributed by atoms with Crippen LogP contribution in [0.3, 0.4) is 0 Å². The van der Waals surface area contributed by atoms with Crippen LogP contribution in [0.1, 0.15) is 37.0 Å². The molecule has 0 saturated carbocycles. The average molecular weight is 461 g/mol. The van der Waals surface area contributed by atoms with E-state index in [0.717, 1.165) is 12.8 Å². The maximum Gasteiger partial charge on any atom is 0.262 e. The highest BCUT2D eigenvalue weighted by Crippen LogP contribution is 2.28. The van der Waals surface area contributed by atoms with Crippen molar-refractivity contribution >= 4 is 27.4 Å². The number of piperidine rings is 1. The lowest BCUT2D eigenvalue weighted by molar-refractivity contribution is -0.118. The van der Waals surface area contributed by atoms with Crippen LogP contribution in [0.25, 0.3) is 0 Å². The normalized spacial score (nSPS) is 16.9. The van der Waals surface area contributed by atoms with Crippen LogP contribution >= 0.6 is 0 Å². The van der Waals surface area contributed by atoms with Crippen molar-refractivity contribution in [2.45, 2.75) is 31.6 Å². The van der Waals surface area contributed by atoms with E-state index >= 15 is 0 Å². The zero-order chi connectivity index (χ0) is 23.3. The van der Waals surface area contributed by atoms with E-state index in [0.29, 0.717) is 41.8 Å². The van der Waals surface area contributed by atoms with Gasteiger partial charge in [-0.25, -0.2) is 8.42 Å². The molecule has 0 aromatic heterocycles. The number of carbonyl (C=O) groups excluding carboxylic acids is 2. The third-order valence-corrected chi connectivity index (χ3v) is 7.20. The maximum absolute atomic E-state index is 12.8. The van der Waals surface area contributed by atoms with Gasteiger partial charge in [0.15, 0.2) is 23.9 Å². The lowest BCUT2D eigenvalue weighted by Crippen LogP contribution is -2.39. The number of ketones is 1. The number of nitrogens with one attached hydrogen (secondary N) is 1. The number of sulfonamides is 1. The summed E-state index contributed by atoms with van der Waals surface area (Å²) in [6.45, 7) is 4.28. The molecule has 32 heavy (non-hydrogen) atoms. The topological polar surface area (TPSA) is 102 Å². The number of nitrogens with zero attached hydrogens (tertiary/aromatic N) is 1. The van der Waals surface area contributed by atoms with Gasteiger partial charge in [0.2, 0.25) is 10.0 Å². The summed E-state index contributed by atoms with van der Waals surface area (Å²) in [5.74, 6) is 0.516. The van der Waals surface area contributed by atoms with E-state index in [-0.39, 0.29) is 17.3 Å². The Morgan fingerprint density at radius 1 is 1.12 bits per heavy atom. The average Bonchev–Trinajstić information content (AvgIpc) is 2.77. The number of carbonyl (C=O) groups is 2. The van der Waals surface area contributed by atoms with Gasteiger partial charge in [-0.05, 0) is 68.1 Å². The van der Waals surface area contributed by atoms with Crippen LogP contribution in [0, 0.1) is 5.92 Å². The molecular formula is C23H28N2O6S. The van der Waals surface area contributed by atoms with E-state index in [4.69, 9.17) is 9.47 Å². The molecule has 9 heteroatoms. The SMILES string of the molecule is COc1cc(C(C)=O)ccc1OCC(=O)Nc1ccc(S(=O)(=O)N2CCC[C@H](C)C2)cc1. The molecular weight excluding hydrogens is 432 g/mol. The smallest absolute Gasteiger partial charge is 0.262 e. The fraction of sp³-hybridized carbons (Fsp3) is 0.391. The molecule has 1 fully saturated rings. The van der Waals surface area contributed by atoms with Crippen molar-refractivity contribution in [1.82, 2.24) is 4.31 Å². The summed E-state index contributed by atoms with van der Waals surface area (Å²) in [5, 5.41) is 2.68. The fourth-order valence-electron chi connectivity index (χ4n) is 3.57. The van der Waals surface area contributed by atoms with Gasteiger partial charge in [-0.3, -0.25) is 9.59 Å². The molecule has 1 heterocycles. The molecule has 0 radical (unpaired) electrons. The molecule has 0 bridgehead atoms. The maximum atomic E-state index is 12.8. The summed E-state index contributed by atoms with van der Waals surface area (Å²) in [6, 6.07) is 10.8. The molecule has 1 aliphatic heterocycles. The zero-order valence-corrected chi connectivity index (χ0v) is 19.3. The first kappa shape index (κ1) is 23.7. The van der Waals surface area contributed by atoms with Gasteiger partial charge >= 0.3 is 0 Å². The number of Topliss-reactive ketones (excluding diaryl/α,β-unsaturated/α-hetero) is 1. The van der Waals surface area contributed by atoms with Gasteiger partial charge in [-0.2, -0.15) is 4.31 Å². The molecule has 2 aromatic carbocycles. The summed E-state index contributed by atoms with van der Waals surface area (Å²) in [6.07, 6.45) is 1.89. The molecule has 0 spiro atoms. The van der Waals surface area contributed by atoms with Crippen molar-refractivity contribution in [2.75, 3.05) is 32.1 Å². The number of benzene rings is 2. The highest BCUT2D eigenvalue weighted by atomic mass is 32.2. The van der Waals surface area contributed by atoms with E-state index in [2.05, 4.69) is 12.2 Å². The summed E-state index contributed by atoms with van der Waals surface area (Å²) >= 11 is 0. The van der Waals surface area contributed by atoms with Gasteiger partial charge in [0.1, 0.15) is 0 Å². The first-order chi connectivity index (χ1) is 15.2. The van der Waals surface area contributed by atoms with Crippen LogP contribution < -0.4 is 14.8 Å². The molecule has 1 saturated heterocycles. The van der Waals surface area contributed by atoms with Crippen molar-refractivity contribution in [3.05, 3.63) is 48.0 Å². The minimum atomic E-state index is -3.55. The summed E-state index contributed by atoms with van der Waals surface area (Å²) in [5.41, 5.74) is 0.941.